The number of carbonyl (C=O) groups is 1. The average molecular weight is 156 g/mol. The number of hydrogen-bond donors (Lipinski definition) is 2. The van der Waals surface area contributed by atoms with E-state index in [1.165, 1.54) is 13.2 Å². The first-order chi connectivity index (χ1) is 5.33. The summed E-state index contributed by atoms with van der Waals surface area (Å²) in [7, 11) is 1.49. The third kappa shape index (κ3) is 2.24. The molecule has 6 nitrogen and oxygen atoms in total. The van der Waals surface area contributed by atoms with Crippen molar-refractivity contribution < 1.29 is 9.53 Å². The molecule has 0 saturated heterocycles. The Morgan fingerprint density at radius 1 is 1.91 bits per heavy atom. The van der Waals surface area contributed by atoms with E-state index < -0.39 is 6.09 Å². The van der Waals surface area contributed by atoms with Crippen molar-refractivity contribution in [3.05, 3.63) is 11.9 Å². The highest BCUT2D eigenvalue weighted by Gasteiger charge is 1.99. The Morgan fingerprint density at radius 3 is 3.27 bits per heavy atom. The standard InChI is InChI=1S/C5H8N4O2/c1-6-5(10)11-3-4-2-7-9-8-4/h2H,3H2,1H3,(H,6,10)(H,7,8,9). The number of aromatic amines is 1. The number of nitrogens with one attached hydrogen (secondary N) is 2. The molecule has 1 rings (SSSR count). The van der Waals surface area contributed by atoms with Crippen molar-refractivity contribution in [2.75, 3.05) is 7.05 Å². The third-order valence-corrected chi connectivity index (χ3v) is 1.02. The lowest BCUT2D eigenvalue weighted by atomic mass is 10.5. The fourth-order valence-electron chi connectivity index (χ4n) is 0.507. The first-order valence-corrected chi connectivity index (χ1v) is 3.02. The monoisotopic (exact) mass is 156 g/mol. The van der Waals surface area contributed by atoms with Crippen LogP contribution in [0.15, 0.2) is 6.20 Å². The number of rotatable bonds is 2. The zero-order valence-corrected chi connectivity index (χ0v) is 6.00. The molecule has 0 radical (unpaired) electrons. The zero-order chi connectivity index (χ0) is 8.10. The van der Waals surface area contributed by atoms with Crippen molar-refractivity contribution in [2.45, 2.75) is 6.61 Å². The second kappa shape index (κ2) is 3.55. The summed E-state index contributed by atoms with van der Waals surface area (Å²) in [4.78, 5) is 10.5. The largest absolute Gasteiger partial charge is 0.443 e. The molecule has 1 amide bonds. The van der Waals surface area contributed by atoms with Crippen LogP contribution in [0.5, 0.6) is 0 Å². The summed E-state index contributed by atoms with van der Waals surface area (Å²) >= 11 is 0. The van der Waals surface area contributed by atoms with Gasteiger partial charge in [-0.25, -0.2) is 4.79 Å². The number of carbonyl (C=O) groups excluding carboxylic acids is 1. The Balaban J connectivity index is 2.29. The van der Waals surface area contributed by atoms with Crippen LogP contribution in [0, 0.1) is 0 Å². The summed E-state index contributed by atoms with van der Waals surface area (Å²) in [6.07, 6.45) is 1.01. The van der Waals surface area contributed by atoms with Crippen LogP contribution in [-0.4, -0.2) is 28.6 Å². The van der Waals surface area contributed by atoms with Crippen molar-refractivity contribution >= 4 is 6.09 Å². The maximum absolute atomic E-state index is 10.5. The maximum atomic E-state index is 10.5. The summed E-state index contributed by atoms with van der Waals surface area (Å²) in [5.74, 6) is 0. The summed E-state index contributed by atoms with van der Waals surface area (Å²) in [5, 5.41) is 11.9. The minimum atomic E-state index is -0.479. The SMILES string of the molecule is CNC(=O)OCc1cn[nH]n1. The first kappa shape index (κ1) is 7.52. The number of amides is 1. The Morgan fingerprint density at radius 2 is 2.73 bits per heavy atom. The molecule has 0 unspecified atom stereocenters. The van der Waals surface area contributed by atoms with Crippen LogP contribution in [0.1, 0.15) is 5.69 Å². The molecule has 0 saturated carbocycles. The maximum Gasteiger partial charge on any atom is 0.407 e. The van der Waals surface area contributed by atoms with Gasteiger partial charge in [-0.2, -0.15) is 15.4 Å². The summed E-state index contributed by atoms with van der Waals surface area (Å²) in [5.41, 5.74) is 0.591. The predicted molar refractivity (Wildman–Crippen MR) is 35.6 cm³/mol. The zero-order valence-electron chi connectivity index (χ0n) is 6.00. The predicted octanol–water partition coefficient (Wildman–Crippen LogP) is -0.339. The number of nitrogens with zero attached hydrogens (tertiary/aromatic N) is 2. The van der Waals surface area contributed by atoms with Gasteiger partial charge in [-0.1, -0.05) is 0 Å². The van der Waals surface area contributed by atoms with Crippen molar-refractivity contribution in [2.24, 2.45) is 0 Å². The Labute approximate surface area is 62.9 Å². The van der Waals surface area contributed by atoms with E-state index in [9.17, 15) is 4.79 Å². The lowest BCUT2D eigenvalue weighted by Gasteiger charge is -1.98. The van der Waals surface area contributed by atoms with Gasteiger partial charge in [0.05, 0.1) is 6.20 Å². The molecule has 0 aliphatic carbocycles. The molecule has 0 fully saturated rings. The molecule has 0 aliphatic heterocycles. The molecular formula is C5H8N4O2. The topological polar surface area (TPSA) is 79.9 Å². The van der Waals surface area contributed by atoms with Gasteiger partial charge in [0.15, 0.2) is 0 Å². The minimum Gasteiger partial charge on any atom is -0.443 e. The smallest absolute Gasteiger partial charge is 0.407 e. The minimum absolute atomic E-state index is 0.135. The van der Waals surface area contributed by atoms with Crippen LogP contribution in [-0.2, 0) is 11.3 Å². The fourth-order valence-corrected chi connectivity index (χ4v) is 0.507. The van der Waals surface area contributed by atoms with E-state index in [4.69, 9.17) is 0 Å². The van der Waals surface area contributed by atoms with E-state index in [0.29, 0.717) is 5.69 Å². The van der Waals surface area contributed by atoms with Crippen molar-refractivity contribution in [3.8, 4) is 0 Å². The molecule has 0 bridgehead atoms. The first-order valence-electron chi connectivity index (χ1n) is 3.02. The van der Waals surface area contributed by atoms with E-state index in [-0.39, 0.29) is 6.61 Å². The van der Waals surface area contributed by atoms with Gasteiger partial charge in [0, 0.05) is 7.05 Å². The number of ether oxygens (including phenoxy) is 1. The van der Waals surface area contributed by atoms with Crippen LogP contribution in [0.3, 0.4) is 0 Å². The Hall–Kier alpha value is -1.59. The second-order valence-corrected chi connectivity index (χ2v) is 1.79. The summed E-state index contributed by atoms with van der Waals surface area (Å²) in [6, 6.07) is 0. The van der Waals surface area contributed by atoms with Crippen molar-refractivity contribution in [1.29, 1.82) is 0 Å². The highest BCUT2D eigenvalue weighted by molar-refractivity contribution is 5.66. The molecule has 0 aromatic carbocycles. The van der Waals surface area contributed by atoms with Crippen LogP contribution in [0.2, 0.25) is 0 Å². The van der Waals surface area contributed by atoms with E-state index in [1.807, 2.05) is 0 Å². The molecule has 1 aromatic heterocycles. The number of hydrogen-bond acceptors (Lipinski definition) is 4. The highest BCUT2D eigenvalue weighted by atomic mass is 16.5. The Kier molecular flexibility index (Phi) is 2.42. The van der Waals surface area contributed by atoms with Gasteiger partial charge in [0.25, 0.3) is 0 Å². The second-order valence-electron chi connectivity index (χ2n) is 1.79. The van der Waals surface area contributed by atoms with Gasteiger partial charge in [-0.3, -0.25) is 0 Å². The third-order valence-electron chi connectivity index (χ3n) is 1.02. The van der Waals surface area contributed by atoms with Crippen molar-refractivity contribution in [3.63, 3.8) is 0 Å². The number of alkyl carbamates (subject to hydrolysis) is 1. The van der Waals surface area contributed by atoms with E-state index in [2.05, 4.69) is 25.5 Å². The highest BCUT2D eigenvalue weighted by Crippen LogP contribution is 1.91. The van der Waals surface area contributed by atoms with Crippen LogP contribution >= 0.6 is 0 Å². The van der Waals surface area contributed by atoms with Gasteiger partial charge in [-0.05, 0) is 0 Å². The van der Waals surface area contributed by atoms with Crippen LogP contribution in [0.25, 0.3) is 0 Å². The molecule has 2 N–H and O–H groups in total. The number of aromatic nitrogens is 3. The molecule has 0 aliphatic rings. The van der Waals surface area contributed by atoms with Gasteiger partial charge in [0.2, 0.25) is 0 Å². The summed E-state index contributed by atoms with van der Waals surface area (Å²) in [6.45, 7) is 0.135. The van der Waals surface area contributed by atoms with Gasteiger partial charge in [-0.15, -0.1) is 0 Å². The normalized spacial score (nSPS) is 9.18. The van der Waals surface area contributed by atoms with E-state index in [0.717, 1.165) is 0 Å². The molecular weight excluding hydrogens is 148 g/mol. The number of H-pyrrole nitrogens is 1. The molecule has 1 heterocycles. The quantitative estimate of drug-likeness (QED) is 0.613. The molecule has 1 aromatic rings. The van der Waals surface area contributed by atoms with E-state index >= 15 is 0 Å². The molecule has 11 heavy (non-hydrogen) atoms. The van der Waals surface area contributed by atoms with Gasteiger partial charge < -0.3 is 10.1 Å². The lowest BCUT2D eigenvalue weighted by Crippen LogP contribution is -2.18. The van der Waals surface area contributed by atoms with Crippen LogP contribution in [0.4, 0.5) is 4.79 Å². The van der Waals surface area contributed by atoms with Crippen molar-refractivity contribution in [1.82, 2.24) is 20.7 Å². The fraction of sp³-hybridized carbons (Fsp3) is 0.400. The molecule has 0 spiro atoms. The Bertz CT molecular complexity index is 220. The molecule has 60 valence electrons. The molecule has 0 atom stereocenters. The van der Waals surface area contributed by atoms with Crippen LogP contribution < -0.4 is 5.32 Å². The van der Waals surface area contributed by atoms with Gasteiger partial charge in [0.1, 0.15) is 12.3 Å². The van der Waals surface area contributed by atoms with E-state index in [1.54, 1.807) is 0 Å². The lowest BCUT2D eigenvalue weighted by molar-refractivity contribution is 0.140. The summed E-state index contributed by atoms with van der Waals surface area (Å²) < 4.78 is 4.66. The average Bonchev–Trinajstić information content (AvgIpc) is 2.52. The van der Waals surface area contributed by atoms with Gasteiger partial charge >= 0.3 is 6.09 Å². The molecule has 6 heteroatoms.